The Bertz CT molecular complexity index is 1540. The van der Waals surface area contributed by atoms with Crippen molar-refractivity contribution >= 4 is 35.0 Å². The molecule has 0 aromatic rings. The summed E-state index contributed by atoms with van der Waals surface area (Å²) in [5.41, 5.74) is 0. The van der Waals surface area contributed by atoms with Gasteiger partial charge in [0, 0.05) is 12.1 Å². The van der Waals surface area contributed by atoms with Gasteiger partial charge in [0.1, 0.15) is 0 Å². The lowest BCUT2D eigenvalue weighted by atomic mass is 9.87. The first kappa shape index (κ1) is 57.3. The molecule has 1 aliphatic carbocycles. The van der Waals surface area contributed by atoms with Gasteiger partial charge in [0.05, 0.1) is 0 Å². The molecular weight excluding hydrogens is 1030 g/mol. The fourth-order valence-corrected chi connectivity index (χ4v) is 4.78. The molecule has 1 fully saturated rings. The van der Waals surface area contributed by atoms with Crippen molar-refractivity contribution in [1.82, 2.24) is 10.6 Å². The first-order valence-electron chi connectivity index (χ1n) is 14.5. The van der Waals surface area contributed by atoms with Crippen molar-refractivity contribution in [2.24, 2.45) is 0 Å². The highest BCUT2D eigenvalue weighted by Crippen LogP contribution is 2.66. The van der Waals surface area contributed by atoms with Crippen LogP contribution in [0.2, 0.25) is 0 Å². The van der Waals surface area contributed by atoms with Crippen LogP contribution in [0.3, 0.4) is 0 Å². The molecule has 0 bridgehead atoms. The molecule has 0 spiro atoms. The molecule has 0 radical (unpaired) electrons. The number of hydrogen-bond acceptors (Lipinski definition) is 2. The molecule has 38 heteroatoms. The van der Waals surface area contributed by atoms with Gasteiger partial charge in [0.25, 0.3) is 11.8 Å². The van der Waals surface area contributed by atoms with Crippen molar-refractivity contribution < 1.29 is 150 Å². The van der Waals surface area contributed by atoms with Crippen molar-refractivity contribution in [3.8, 4) is 0 Å². The number of nitrogens with one attached hydrogen (secondary N) is 2. The summed E-state index contributed by atoms with van der Waals surface area (Å²) in [4.78, 5) is 23.5. The Balaban J connectivity index is 3.32. The molecule has 0 aromatic heterocycles. The van der Waals surface area contributed by atoms with Gasteiger partial charge in [-0.1, -0.05) is 0 Å². The molecule has 0 heterocycles. The quantitative estimate of drug-likeness (QED) is 0.106. The van der Waals surface area contributed by atoms with Crippen molar-refractivity contribution in [1.29, 1.82) is 0 Å². The number of carbonyl (C=O) groups is 2. The maximum atomic E-state index is 14.2. The summed E-state index contributed by atoms with van der Waals surface area (Å²) in [6.45, 7) is 0. The molecule has 0 atom stereocenters. The largest absolute Gasteiger partial charge is 0.393 e. The predicted molar refractivity (Wildman–Crippen MR) is 133 cm³/mol. The third-order valence-corrected chi connectivity index (χ3v) is 8.89. The summed E-state index contributed by atoms with van der Waals surface area (Å²) in [5, 5.41) is -13.2. The number of alkyl halides is 34. The van der Waals surface area contributed by atoms with Gasteiger partial charge in [-0.3, -0.25) is 9.59 Å². The second-order valence-corrected chi connectivity index (χ2v) is 13.5. The highest BCUT2D eigenvalue weighted by molar-refractivity contribution is 6.22. The Labute approximate surface area is 327 Å². The van der Waals surface area contributed by atoms with E-state index in [1.54, 1.807) is 0 Å². The molecule has 2 N–H and O–H groups in total. The molecule has 1 aliphatic rings. The van der Waals surface area contributed by atoms with E-state index < -0.39 is 143 Å². The van der Waals surface area contributed by atoms with Gasteiger partial charge in [-0.05, 0) is 48.9 Å². The summed E-state index contributed by atoms with van der Waals surface area (Å²) >= 11 is 6.71. The lowest BCUT2D eigenvalue weighted by Gasteiger charge is -2.43. The second kappa shape index (κ2) is 15.4. The van der Waals surface area contributed by atoms with Crippen LogP contribution >= 0.6 is 23.2 Å². The van der Waals surface area contributed by atoms with Crippen molar-refractivity contribution in [2.75, 3.05) is 0 Å². The zero-order valence-corrected chi connectivity index (χ0v) is 29.2. The van der Waals surface area contributed by atoms with Crippen LogP contribution < -0.4 is 10.6 Å². The van der Waals surface area contributed by atoms with Gasteiger partial charge >= 0.3 is 93.7 Å². The molecular formula is C24H12Cl2F32N2O2. The molecule has 0 aromatic carbocycles. The van der Waals surface area contributed by atoms with E-state index in [4.69, 9.17) is 0 Å². The van der Waals surface area contributed by atoms with Crippen LogP contribution in [0.5, 0.6) is 0 Å². The van der Waals surface area contributed by atoms with Gasteiger partial charge < -0.3 is 10.6 Å². The van der Waals surface area contributed by atoms with E-state index in [0.29, 0.717) is 10.6 Å². The molecule has 4 nitrogen and oxygen atoms in total. The monoisotopic (exact) mass is 1040 g/mol. The number of carbonyl (C=O) groups excluding carboxylic acids is 2. The van der Waals surface area contributed by atoms with E-state index >= 15 is 0 Å². The Morgan fingerprint density at radius 2 is 0.435 bits per heavy atom. The molecule has 2 amide bonds. The minimum atomic E-state index is -9.00. The van der Waals surface area contributed by atoms with Crippen molar-refractivity contribution in [2.45, 2.75) is 131 Å². The SMILES string of the molecule is O=C(NC1CCC(NC(=O)C(F)(F)C(F)(F)C(F)(F)C(F)(F)C(F)(F)C(F)(F)C(F)(F)C(F)(F)Cl)CC1)C(F)(F)C(F)(F)C(F)(F)C(F)(F)C(F)(F)C(F)(F)C(F)(F)C(F)(F)Cl. The molecule has 0 unspecified atom stereocenters. The van der Waals surface area contributed by atoms with Gasteiger partial charge in [0.15, 0.2) is 0 Å². The summed E-state index contributed by atoms with van der Waals surface area (Å²) in [6.07, 6.45) is -5.86. The predicted octanol–water partition coefficient (Wildman–Crippen LogP) is 11.1. The lowest BCUT2D eigenvalue weighted by Crippen LogP contribution is -2.75. The standard InChI is InChI=1S/C24H12Cl2F32N2O2/c25-23(55,56)21(51,52)19(47,48)17(43,44)15(39,40)13(35,36)11(31,32)9(27,28)7(61)59-5-1-2-6(4-3-5)60-8(62)10(29,30)12(33,34)14(37,38)16(41,42)18(45,46)20(49,50)22(53,54)24(26,57)58/h5-6H,1-4H2,(H,59,61)(H,60,62). The molecule has 1 rings (SSSR count). The van der Waals surface area contributed by atoms with Crippen molar-refractivity contribution in [3.63, 3.8) is 0 Å². The zero-order chi connectivity index (χ0) is 50.6. The van der Waals surface area contributed by atoms with E-state index in [-0.39, 0.29) is 0 Å². The van der Waals surface area contributed by atoms with E-state index in [9.17, 15) is 150 Å². The molecule has 1 saturated carbocycles. The normalized spacial score (nSPS) is 20.0. The van der Waals surface area contributed by atoms with Crippen LogP contribution in [0.25, 0.3) is 0 Å². The number of amides is 2. The Hall–Kier alpha value is -2.72. The van der Waals surface area contributed by atoms with Gasteiger partial charge in [-0.25, -0.2) is 0 Å². The summed E-state index contributed by atoms with van der Waals surface area (Å²) < 4.78 is 436. The highest BCUT2D eigenvalue weighted by Gasteiger charge is 2.97. The summed E-state index contributed by atoms with van der Waals surface area (Å²) in [7, 11) is 0. The van der Waals surface area contributed by atoms with E-state index in [1.807, 2.05) is 0 Å². The average Bonchev–Trinajstić information content (AvgIpc) is 3.06. The summed E-state index contributed by atoms with van der Waals surface area (Å²) in [5.74, 6) is -127. The fourth-order valence-electron chi connectivity index (χ4n) is 4.55. The molecule has 368 valence electrons. The smallest absolute Gasteiger partial charge is 0.348 e. The Morgan fingerprint density at radius 1 is 0.290 bits per heavy atom. The lowest BCUT2D eigenvalue weighted by molar-refractivity contribution is -0.446. The topological polar surface area (TPSA) is 58.2 Å². The van der Waals surface area contributed by atoms with Crippen LogP contribution in [0.1, 0.15) is 25.7 Å². The van der Waals surface area contributed by atoms with Crippen LogP contribution in [-0.2, 0) is 9.59 Å². The fraction of sp³-hybridized carbons (Fsp3) is 0.917. The maximum Gasteiger partial charge on any atom is 0.393 e. The minimum absolute atomic E-state index is 0.489. The Morgan fingerprint density at radius 3 is 0.597 bits per heavy atom. The molecule has 0 aliphatic heterocycles. The molecule has 62 heavy (non-hydrogen) atoms. The van der Waals surface area contributed by atoms with E-state index in [1.165, 1.54) is 0 Å². The number of rotatable bonds is 18. The van der Waals surface area contributed by atoms with Crippen LogP contribution in [0, 0.1) is 0 Å². The number of halogens is 34. The van der Waals surface area contributed by atoms with Crippen molar-refractivity contribution in [3.05, 3.63) is 0 Å². The summed E-state index contributed by atoms with van der Waals surface area (Å²) in [6, 6.07) is -4.90. The average molecular weight is 1040 g/mol. The molecule has 0 saturated heterocycles. The second-order valence-electron chi connectivity index (χ2n) is 12.5. The highest BCUT2D eigenvalue weighted by atomic mass is 35.5. The van der Waals surface area contributed by atoms with Crippen LogP contribution in [0.15, 0.2) is 0 Å². The minimum Gasteiger partial charge on any atom is -0.348 e. The number of hydrogen-bond donors (Lipinski definition) is 2. The van der Waals surface area contributed by atoms with Gasteiger partial charge in [0.2, 0.25) is 0 Å². The maximum absolute atomic E-state index is 14.2. The van der Waals surface area contributed by atoms with Gasteiger partial charge in [-0.15, -0.1) is 0 Å². The van der Waals surface area contributed by atoms with Crippen LogP contribution in [0.4, 0.5) is 140 Å². The van der Waals surface area contributed by atoms with Gasteiger partial charge in [-0.2, -0.15) is 140 Å². The van der Waals surface area contributed by atoms with E-state index in [0.717, 1.165) is 0 Å². The third kappa shape index (κ3) is 7.72. The first-order valence-corrected chi connectivity index (χ1v) is 15.3. The third-order valence-electron chi connectivity index (χ3n) is 8.41. The zero-order valence-electron chi connectivity index (χ0n) is 27.7. The van der Waals surface area contributed by atoms with E-state index in [2.05, 4.69) is 23.2 Å². The Kier molecular flexibility index (Phi) is 14.3. The first-order chi connectivity index (χ1) is 26.5. The van der Waals surface area contributed by atoms with Crippen LogP contribution in [-0.4, -0.2) is 118 Å².